The molecule has 1 heterocycles. The zero-order valence-electron chi connectivity index (χ0n) is 16.0. The molecule has 1 N–H and O–H groups in total. The van der Waals surface area contributed by atoms with Gasteiger partial charge in [-0.3, -0.25) is 14.5 Å². The molecule has 0 radical (unpaired) electrons. The van der Waals surface area contributed by atoms with E-state index >= 15 is 0 Å². The van der Waals surface area contributed by atoms with E-state index in [1.165, 1.54) is 24.3 Å². The van der Waals surface area contributed by atoms with Crippen molar-refractivity contribution in [1.82, 2.24) is 10.2 Å². The van der Waals surface area contributed by atoms with E-state index in [-0.39, 0.29) is 12.0 Å². The SMILES string of the molecule is O=C(CN1C(=O)NC(Cc2ccccc2)(c2ccccc2)C1=O)c1ccccc1F. The number of hydrogen-bond donors (Lipinski definition) is 1. The largest absolute Gasteiger partial charge is 0.325 e. The smallest absolute Gasteiger partial charge is 0.319 e. The van der Waals surface area contributed by atoms with Crippen molar-refractivity contribution in [3.8, 4) is 0 Å². The molecule has 3 aromatic carbocycles. The Morgan fingerprint density at radius 3 is 2.13 bits per heavy atom. The summed E-state index contributed by atoms with van der Waals surface area (Å²) in [6, 6.07) is 23.1. The number of carbonyl (C=O) groups excluding carboxylic acids is 3. The summed E-state index contributed by atoms with van der Waals surface area (Å²) in [6.45, 7) is -0.533. The second-order valence-electron chi connectivity index (χ2n) is 7.16. The Bertz CT molecular complexity index is 1100. The summed E-state index contributed by atoms with van der Waals surface area (Å²) in [5, 5.41) is 2.79. The van der Waals surface area contributed by atoms with Gasteiger partial charge in [0, 0.05) is 6.42 Å². The molecule has 1 unspecified atom stereocenters. The average molecular weight is 402 g/mol. The quantitative estimate of drug-likeness (QED) is 0.505. The van der Waals surface area contributed by atoms with Crippen molar-refractivity contribution in [2.45, 2.75) is 12.0 Å². The zero-order valence-corrected chi connectivity index (χ0v) is 16.0. The fraction of sp³-hybridized carbons (Fsp3) is 0.125. The number of carbonyl (C=O) groups is 3. The van der Waals surface area contributed by atoms with E-state index in [0.717, 1.165) is 10.5 Å². The molecule has 0 bridgehead atoms. The van der Waals surface area contributed by atoms with Crippen LogP contribution in [-0.4, -0.2) is 29.2 Å². The summed E-state index contributed by atoms with van der Waals surface area (Å²) in [6.07, 6.45) is 0.229. The van der Waals surface area contributed by atoms with Gasteiger partial charge in [-0.2, -0.15) is 0 Å². The number of imide groups is 1. The van der Waals surface area contributed by atoms with Gasteiger partial charge in [-0.25, -0.2) is 9.18 Å². The first-order chi connectivity index (χ1) is 14.5. The number of rotatable bonds is 6. The summed E-state index contributed by atoms with van der Waals surface area (Å²) in [7, 11) is 0. The average Bonchev–Trinajstić information content (AvgIpc) is 3.00. The van der Waals surface area contributed by atoms with Crippen LogP contribution in [0.3, 0.4) is 0 Å². The van der Waals surface area contributed by atoms with Crippen LogP contribution in [0.25, 0.3) is 0 Å². The second kappa shape index (κ2) is 7.91. The van der Waals surface area contributed by atoms with Crippen LogP contribution in [0.1, 0.15) is 21.5 Å². The molecule has 150 valence electrons. The van der Waals surface area contributed by atoms with Crippen LogP contribution in [0.4, 0.5) is 9.18 Å². The van der Waals surface area contributed by atoms with Gasteiger partial charge < -0.3 is 5.32 Å². The van der Waals surface area contributed by atoms with Crippen molar-refractivity contribution in [3.05, 3.63) is 107 Å². The second-order valence-corrected chi connectivity index (χ2v) is 7.16. The third-order valence-corrected chi connectivity index (χ3v) is 5.23. The van der Waals surface area contributed by atoms with Crippen LogP contribution >= 0.6 is 0 Å². The number of urea groups is 1. The van der Waals surface area contributed by atoms with Crippen LogP contribution in [0.15, 0.2) is 84.9 Å². The molecular weight excluding hydrogens is 383 g/mol. The van der Waals surface area contributed by atoms with E-state index in [1.807, 2.05) is 36.4 Å². The minimum atomic E-state index is -1.34. The minimum Gasteiger partial charge on any atom is -0.319 e. The summed E-state index contributed by atoms with van der Waals surface area (Å²) in [5.41, 5.74) is -0.0152. The molecule has 0 saturated carbocycles. The molecule has 0 aliphatic carbocycles. The molecule has 0 aromatic heterocycles. The molecule has 1 aliphatic rings. The van der Waals surface area contributed by atoms with Gasteiger partial charge in [0.15, 0.2) is 11.3 Å². The Balaban J connectivity index is 1.69. The number of Topliss-reactive ketones (excluding diaryl/α,β-unsaturated/α-hetero) is 1. The van der Waals surface area contributed by atoms with Gasteiger partial charge in [-0.05, 0) is 23.3 Å². The van der Waals surface area contributed by atoms with Crippen molar-refractivity contribution in [2.75, 3.05) is 6.54 Å². The highest BCUT2D eigenvalue weighted by Crippen LogP contribution is 2.33. The van der Waals surface area contributed by atoms with Gasteiger partial charge >= 0.3 is 6.03 Å². The molecule has 0 spiro atoms. The predicted molar refractivity (Wildman–Crippen MR) is 109 cm³/mol. The number of nitrogens with zero attached hydrogens (tertiary/aromatic N) is 1. The number of halogens is 1. The first-order valence-electron chi connectivity index (χ1n) is 9.52. The standard InChI is InChI=1S/C24H19FN2O3/c25-20-14-8-7-13-19(20)21(28)16-27-22(29)24(26-23(27)30,18-11-5-2-6-12-18)15-17-9-3-1-4-10-17/h1-14H,15-16H2,(H,26,30). The molecular formula is C24H19FN2O3. The Labute approximate surface area is 173 Å². The lowest BCUT2D eigenvalue weighted by Crippen LogP contribution is -2.46. The number of hydrogen-bond acceptors (Lipinski definition) is 3. The lowest BCUT2D eigenvalue weighted by Gasteiger charge is -2.27. The molecule has 5 nitrogen and oxygen atoms in total. The number of ketones is 1. The monoisotopic (exact) mass is 402 g/mol. The highest BCUT2D eigenvalue weighted by atomic mass is 19.1. The predicted octanol–water partition coefficient (Wildman–Crippen LogP) is 3.70. The zero-order chi connectivity index (χ0) is 21.1. The minimum absolute atomic E-state index is 0.154. The maximum atomic E-state index is 14.0. The van der Waals surface area contributed by atoms with Crippen LogP contribution in [0.5, 0.6) is 0 Å². The highest BCUT2D eigenvalue weighted by Gasteiger charge is 2.52. The number of amides is 3. The molecule has 3 aromatic rings. The Morgan fingerprint density at radius 2 is 1.47 bits per heavy atom. The van der Waals surface area contributed by atoms with Gasteiger partial charge in [-0.1, -0.05) is 72.8 Å². The fourth-order valence-electron chi connectivity index (χ4n) is 3.73. The van der Waals surface area contributed by atoms with Crippen molar-refractivity contribution in [2.24, 2.45) is 0 Å². The molecule has 1 atom stereocenters. The highest BCUT2D eigenvalue weighted by molar-refractivity contribution is 6.11. The summed E-state index contributed by atoms with van der Waals surface area (Å²) < 4.78 is 14.0. The maximum Gasteiger partial charge on any atom is 0.325 e. The molecule has 1 saturated heterocycles. The Morgan fingerprint density at radius 1 is 0.867 bits per heavy atom. The third-order valence-electron chi connectivity index (χ3n) is 5.23. The molecule has 6 heteroatoms. The van der Waals surface area contributed by atoms with E-state index in [9.17, 15) is 18.8 Å². The van der Waals surface area contributed by atoms with E-state index in [1.54, 1.807) is 24.3 Å². The summed E-state index contributed by atoms with van der Waals surface area (Å²) >= 11 is 0. The van der Waals surface area contributed by atoms with E-state index < -0.39 is 35.6 Å². The van der Waals surface area contributed by atoms with Crippen LogP contribution < -0.4 is 5.32 Å². The van der Waals surface area contributed by atoms with Crippen LogP contribution in [0.2, 0.25) is 0 Å². The maximum absolute atomic E-state index is 14.0. The van der Waals surface area contributed by atoms with Crippen LogP contribution in [0, 0.1) is 5.82 Å². The first-order valence-corrected chi connectivity index (χ1v) is 9.52. The van der Waals surface area contributed by atoms with E-state index in [2.05, 4.69) is 5.32 Å². The lowest BCUT2D eigenvalue weighted by atomic mass is 9.83. The first kappa shape index (κ1) is 19.5. The summed E-state index contributed by atoms with van der Waals surface area (Å²) in [5.74, 6) is -1.86. The number of benzene rings is 3. The molecule has 3 amide bonds. The fourth-order valence-corrected chi connectivity index (χ4v) is 3.73. The lowest BCUT2D eigenvalue weighted by molar-refractivity contribution is -0.131. The van der Waals surface area contributed by atoms with Crippen molar-refractivity contribution in [1.29, 1.82) is 0 Å². The van der Waals surface area contributed by atoms with Crippen molar-refractivity contribution in [3.63, 3.8) is 0 Å². The third kappa shape index (κ3) is 3.48. The van der Waals surface area contributed by atoms with Crippen molar-refractivity contribution >= 4 is 17.7 Å². The van der Waals surface area contributed by atoms with Gasteiger partial charge in [0.05, 0.1) is 12.1 Å². The molecule has 1 fully saturated rings. The van der Waals surface area contributed by atoms with Gasteiger partial charge in [0.1, 0.15) is 5.82 Å². The Kier molecular flexibility index (Phi) is 5.14. The normalized spacial score (nSPS) is 18.4. The van der Waals surface area contributed by atoms with Gasteiger partial charge in [0.2, 0.25) is 0 Å². The number of nitrogens with one attached hydrogen (secondary N) is 1. The van der Waals surface area contributed by atoms with Gasteiger partial charge in [-0.15, -0.1) is 0 Å². The van der Waals surface area contributed by atoms with E-state index in [0.29, 0.717) is 5.56 Å². The molecule has 30 heavy (non-hydrogen) atoms. The molecule has 1 aliphatic heterocycles. The van der Waals surface area contributed by atoms with Gasteiger partial charge in [0.25, 0.3) is 5.91 Å². The molecule has 4 rings (SSSR count). The Hall–Kier alpha value is -3.80. The van der Waals surface area contributed by atoms with Crippen LogP contribution in [-0.2, 0) is 16.8 Å². The van der Waals surface area contributed by atoms with E-state index in [4.69, 9.17) is 0 Å². The topological polar surface area (TPSA) is 66.5 Å². The van der Waals surface area contributed by atoms with Crippen molar-refractivity contribution < 1.29 is 18.8 Å². The summed E-state index contributed by atoms with van der Waals surface area (Å²) in [4.78, 5) is 39.7.